The van der Waals surface area contributed by atoms with E-state index >= 15 is 0 Å². The molecule has 0 aliphatic heterocycles. The molecule has 6 heteroatoms. The van der Waals surface area contributed by atoms with Crippen molar-refractivity contribution in [3.63, 3.8) is 0 Å². The third-order valence-electron chi connectivity index (χ3n) is 3.75. The van der Waals surface area contributed by atoms with E-state index in [9.17, 15) is 9.59 Å². The molecule has 0 saturated carbocycles. The Bertz CT molecular complexity index is 976. The van der Waals surface area contributed by atoms with Crippen LogP contribution in [0.25, 0.3) is 16.5 Å². The van der Waals surface area contributed by atoms with E-state index < -0.39 is 0 Å². The smallest absolute Gasteiger partial charge is 0.248 e. The number of benzene rings is 2. The lowest BCUT2D eigenvalue weighted by Crippen LogP contribution is -2.13. The molecule has 0 aliphatic carbocycles. The number of amides is 2. The minimum Gasteiger partial charge on any atom is -0.369 e. The van der Waals surface area contributed by atoms with Crippen molar-refractivity contribution < 1.29 is 9.59 Å². The number of nitrogens with one attached hydrogen (secondary N) is 1. The topological polar surface area (TPSA) is 72.2 Å². The number of nitrogens with two attached hydrogens (primary N) is 1. The van der Waals surface area contributed by atoms with Crippen molar-refractivity contribution in [2.24, 2.45) is 5.73 Å². The number of hydrogen-bond donors (Lipinski definition) is 2. The summed E-state index contributed by atoms with van der Waals surface area (Å²) in [6.07, 6.45) is 3.49. The van der Waals surface area contributed by atoms with Gasteiger partial charge in [0.2, 0.25) is 11.8 Å². The molecule has 0 fully saturated rings. The quantitative estimate of drug-likeness (QED) is 0.537. The highest BCUT2D eigenvalue weighted by Crippen LogP contribution is 2.29. The van der Waals surface area contributed by atoms with Crippen molar-refractivity contribution in [2.75, 3.05) is 5.32 Å². The highest BCUT2D eigenvalue weighted by Gasteiger charge is 2.03. The first kappa shape index (κ1) is 19.1. The highest BCUT2D eigenvalue weighted by atomic mass is 79.9. The van der Waals surface area contributed by atoms with Crippen LogP contribution in [0.15, 0.2) is 71.2 Å². The number of carbonyl (C=O) groups is 2. The lowest BCUT2D eigenvalue weighted by Gasteiger charge is -2.03. The fraction of sp³-hybridized carbons (Fsp3) is 0.0476. The lowest BCUT2D eigenvalue weighted by atomic mass is 10.1. The number of thiophene rings is 1. The van der Waals surface area contributed by atoms with E-state index in [2.05, 4.69) is 33.4 Å². The standard InChI is InChI=1S/C21H17BrN2O2S/c22-16-5-3-15(4-6-16)19-11-9-18(27-19)10-12-21(26)24-17-7-1-14(2-8-17)13-20(23)25/h1-12H,13H2,(H2,23,25)(H,24,26)/b12-10+. The van der Waals surface area contributed by atoms with Crippen molar-refractivity contribution in [3.05, 3.63) is 81.7 Å². The summed E-state index contributed by atoms with van der Waals surface area (Å²) in [6, 6.07) is 19.2. The van der Waals surface area contributed by atoms with Crippen LogP contribution in [0.3, 0.4) is 0 Å². The Morgan fingerprint density at radius 3 is 2.37 bits per heavy atom. The Hall–Kier alpha value is -2.70. The average molecular weight is 441 g/mol. The van der Waals surface area contributed by atoms with Crippen LogP contribution >= 0.6 is 27.3 Å². The maximum absolute atomic E-state index is 12.1. The molecule has 1 aromatic heterocycles. The molecule has 3 aromatic rings. The van der Waals surface area contributed by atoms with Crippen molar-refractivity contribution in [2.45, 2.75) is 6.42 Å². The second kappa shape index (κ2) is 8.79. The van der Waals surface area contributed by atoms with Crippen LogP contribution in [0.5, 0.6) is 0 Å². The summed E-state index contributed by atoms with van der Waals surface area (Å²) in [5, 5.41) is 2.79. The summed E-state index contributed by atoms with van der Waals surface area (Å²) in [6.45, 7) is 0. The highest BCUT2D eigenvalue weighted by molar-refractivity contribution is 9.10. The number of carbonyl (C=O) groups excluding carboxylic acids is 2. The molecular formula is C21H17BrN2O2S. The summed E-state index contributed by atoms with van der Waals surface area (Å²) >= 11 is 5.05. The lowest BCUT2D eigenvalue weighted by molar-refractivity contribution is -0.117. The van der Waals surface area contributed by atoms with Crippen LogP contribution in [0, 0.1) is 0 Å². The first-order valence-corrected chi connectivity index (χ1v) is 9.82. The van der Waals surface area contributed by atoms with Gasteiger partial charge < -0.3 is 11.1 Å². The van der Waals surface area contributed by atoms with Gasteiger partial charge in [0.1, 0.15) is 0 Å². The zero-order valence-electron chi connectivity index (χ0n) is 14.3. The minimum atomic E-state index is -0.381. The molecular weight excluding hydrogens is 424 g/mol. The Morgan fingerprint density at radius 2 is 1.70 bits per heavy atom. The summed E-state index contributed by atoms with van der Waals surface area (Å²) in [5.41, 5.74) is 7.79. The van der Waals surface area contributed by atoms with Gasteiger partial charge >= 0.3 is 0 Å². The molecule has 4 nitrogen and oxygen atoms in total. The minimum absolute atomic E-state index is 0.188. The van der Waals surface area contributed by atoms with Crippen LogP contribution in [0.2, 0.25) is 0 Å². The van der Waals surface area contributed by atoms with Crippen LogP contribution < -0.4 is 11.1 Å². The van der Waals surface area contributed by atoms with Gasteiger partial charge in [-0.2, -0.15) is 0 Å². The van der Waals surface area contributed by atoms with Crippen molar-refractivity contribution in [1.82, 2.24) is 0 Å². The summed E-state index contributed by atoms with van der Waals surface area (Å²) in [7, 11) is 0. The fourth-order valence-electron chi connectivity index (χ4n) is 2.46. The van der Waals surface area contributed by atoms with E-state index in [1.807, 2.05) is 24.3 Å². The van der Waals surface area contributed by atoms with Gasteiger partial charge in [0.05, 0.1) is 6.42 Å². The van der Waals surface area contributed by atoms with E-state index in [0.29, 0.717) is 5.69 Å². The second-order valence-corrected chi connectivity index (χ2v) is 7.90. The van der Waals surface area contributed by atoms with Gasteiger partial charge in [-0.3, -0.25) is 9.59 Å². The maximum Gasteiger partial charge on any atom is 0.248 e. The molecule has 0 spiro atoms. The normalized spacial score (nSPS) is 10.9. The first-order chi connectivity index (χ1) is 13.0. The number of primary amides is 1. The molecule has 0 atom stereocenters. The Morgan fingerprint density at radius 1 is 1.00 bits per heavy atom. The molecule has 0 unspecified atom stereocenters. The van der Waals surface area contributed by atoms with E-state index in [-0.39, 0.29) is 18.2 Å². The predicted molar refractivity (Wildman–Crippen MR) is 114 cm³/mol. The summed E-state index contributed by atoms with van der Waals surface area (Å²) in [5.74, 6) is -0.593. The van der Waals surface area contributed by atoms with E-state index in [1.165, 1.54) is 6.08 Å². The molecule has 3 N–H and O–H groups in total. The molecule has 1 heterocycles. The molecule has 0 saturated heterocycles. The number of halogens is 1. The third-order valence-corrected chi connectivity index (χ3v) is 5.38. The molecule has 2 amide bonds. The SMILES string of the molecule is NC(=O)Cc1ccc(NC(=O)/C=C/c2ccc(-c3ccc(Br)cc3)s2)cc1. The molecule has 0 bridgehead atoms. The zero-order chi connectivity index (χ0) is 19.2. The van der Waals surface area contributed by atoms with Gasteiger partial charge in [-0.25, -0.2) is 0 Å². The van der Waals surface area contributed by atoms with Gasteiger partial charge in [0, 0.05) is 26.0 Å². The van der Waals surface area contributed by atoms with Crippen LogP contribution in [-0.2, 0) is 16.0 Å². The van der Waals surface area contributed by atoms with Crippen molar-refractivity contribution in [1.29, 1.82) is 0 Å². The summed E-state index contributed by atoms with van der Waals surface area (Å²) in [4.78, 5) is 25.1. The van der Waals surface area contributed by atoms with E-state index in [1.54, 1.807) is 41.7 Å². The average Bonchev–Trinajstić information content (AvgIpc) is 3.11. The molecule has 0 aliphatic rings. The second-order valence-electron chi connectivity index (χ2n) is 5.87. The van der Waals surface area contributed by atoms with Gasteiger partial charge in [-0.05, 0) is 53.6 Å². The summed E-state index contributed by atoms with van der Waals surface area (Å²) < 4.78 is 1.04. The molecule has 3 rings (SSSR count). The number of hydrogen-bond acceptors (Lipinski definition) is 3. The van der Waals surface area contributed by atoms with Crippen molar-refractivity contribution >= 4 is 50.8 Å². The molecule has 136 valence electrons. The first-order valence-electron chi connectivity index (χ1n) is 8.22. The van der Waals surface area contributed by atoms with Gasteiger partial charge in [0.15, 0.2) is 0 Å². The van der Waals surface area contributed by atoms with Crippen LogP contribution in [0.4, 0.5) is 5.69 Å². The van der Waals surface area contributed by atoms with Crippen LogP contribution in [0.1, 0.15) is 10.4 Å². The Kier molecular flexibility index (Phi) is 6.21. The van der Waals surface area contributed by atoms with Gasteiger partial charge in [-0.1, -0.05) is 40.2 Å². The van der Waals surface area contributed by atoms with Crippen molar-refractivity contribution in [3.8, 4) is 10.4 Å². The maximum atomic E-state index is 12.1. The van der Waals surface area contributed by atoms with Crippen LogP contribution in [-0.4, -0.2) is 11.8 Å². The van der Waals surface area contributed by atoms with E-state index in [4.69, 9.17) is 5.73 Å². The molecule has 27 heavy (non-hydrogen) atoms. The third kappa shape index (κ3) is 5.64. The Balaban J connectivity index is 1.60. The number of anilines is 1. The molecule has 0 radical (unpaired) electrons. The zero-order valence-corrected chi connectivity index (χ0v) is 16.7. The van der Waals surface area contributed by atoms with E-state index in [0.717, 1.165) is 25.4 Å². The predicted octanol–water partition coefficient (Wildman–Crippen LogP) is 4.86. The van der Waals surface area contributed by atoms with Gasteiger partial charge in [0.25, 0.3) is 0 Å². The fourth-order valence-corrected chi connectivity index (χ4v) is 3.64. The van der Waals surface area contributed by atoms with Gasteiger partial charge in [-0.15, -0.1) is 11.3 Å². The molecule has 2 aromatic carbocycles. The monoisotopic (exact) mass is 440 g/mol. The Labute approximate surface area is 169 Å². The number of rotatable bonds is 6. The largest absolute Gasteiger partial charge is 0.369 e.